The van der Waals surface area contributed by atoms with Crippen molar-refractivity contribution in [2.75, 3.05) is 7.11 Å². The summed E-state index contributed by atoms with van der Waals surface area (Å²) in [6.45, 7) is 1.22. The second-order valence-corrected chi connectivity index (χ2v) is 4.20. The van der Waals surface area contributed by atoms with Gasteiger partial charge < -0.3 is 9.64 Å². The standard InChI is InChI=1S/C9H9NO3S/c1-13-9(12)7-2-6-3-10(5-11)4-8(6)14-7/h2,5H,3-4H2,1H3. The van der Waals surface area contributed by atoms with Gasteiger partial charge in [-0.15, -0.1) is 11.3 Å². The summed E-state index contributed by atoms with van der Waals surface area (Å²) in [7, 11) is 1.37. The second kappa shape index (κ2) is 3.42. The van der Waals surface area contributed by atoms with Crippen LogP contribution in [0.25, 0.3) is 0 Å². The molecule has 0 N–H and O–H groups in total. The van der Waals surface area contributed by atoms with Crippen LogP contribution >= 0.6 is 11.3 Å². The molecule has 1 aromatic rings. The van der Waals surface area contributed by atoms with Crippen LogP contribution in [0.4, 0.5) is 0 Å². The van der Waals surface area contributed by atoms with Gasteiger partial charge >= 0.3 is 5.97 Å². The van der Waals surface area contributed by atoms with Crippen molar-refractivity contribution < 1.29 is 14.3 Å². The lowest BCUT2D eigenvalue weighted by Crippen LogP contribution is -2.13. The number of amides is 1. The van der Waals surface area contributed by atoms with Crippen LogP contribution in [0.1, 0.15) is 20.1 Å². The molecule has 0 aromatic carbocycles. The number of carbonyl (C=O) groups excluding carboxylic acids is 2. The first-order valence-electron chi connectivity index (χ1n) is 4.14. The Bertz CT molecular complexity index is 362. The van der Waals surface area contributed by atoms with Gasteiger partial charge in [-0.1, -0.05) is 0 Å². The number of nitrogens with zero attached hydrogens (tertiary/aromatic N) is 1. The molecule has 0 saturated carbocycles. The Morgan fingerprint density at radius 1 is 1.64 bits per heavy atom. The quantitative estimate of drug-likeness (QED) is 0.541. The lowest BCUT2D eigenvalue weighted by atomic mass is 10.3. The van der Waals surface area contributed by atoms with E-state index in [1.54, 1.807) is 11.0 Å². The maximum Gasteiger partial charge on any atom is 0.348 e. The first-order valence-corrected chi connectivity index (χ1v) is 4.95. The smallest absolute Gasteiger partial charge is 0.348 e. The predicted octanol–water partition coefficient (Wildman–Crippen LogP) is 1.01. The topological polar surface area (TPSA) is 46.6 Å². The summed E-state index contributed by atoms with van der Waals surface area (Å²) < 4.78 is 4.61. The van der Waals surface area contributed by atoms with E-state index in [4.69, 9.17) is 0 Å². The van der Waals surface area contributed by atoms with E-state index in [1.165, 1.54) is 18.4 Å². The van der Waals surface area contributed by atoms with E-state index >= 15 is 0 Å². The summed E-state index contributed by atoms with van der Waals surface area (Å²) in [4.78, 5) is 25.0. The van der Waals surface area contributed by atoms with E-state index < -0.39 is 0 Å². The van der Waals surface area contributed by atoms with E-state index in [2.05, 4.69) is 4.74 Å². The minimum atomic E-state index is -0.304. The molecule has 5 heteroatoms. The molecule has 1 amide bonds. The molecule has 0 spiro atoms. The van der Waals surface area contributed by atoms with Crippen molar-refractivity contribution in [2.24, 2.45) is 0 Å². The molecule has 0 fully saturated rings. The van der Waals surface area contributed by atoms with Crippen LogP contribution in [0.5, 0.6) is 0 Å². The zero-order chi connectivity index (χ0) is 10.1. The van der Waals surface area contributed by atoms with Crippen molar-refractivity contribution >= 4 is 23.7 Å². The molecule has 0 bridgehead atoms. The molecule has 1 aromatic heterocycles. The van der Waals surface area contributed by atoms with E-state index in [1.807, 2.05) is 0 Å². The van der Waals surface area contributed by atoms with Gasteiger partial charge in [0.15, 0.2) is 0 Å². The van der Waals surface area contributed by atoms with Crippen LogP contribution < -0.4 is 0 Å². The first kappa shape index (κ1) is 9.21. The number of methoxy groups -OCH3 is 1. The third kappa shape index (κ3) is 1.39. The highest BCUT2D eigenvalue weighted by atomic mass is 32.1. The summed E-state index contributed by atoms with van der Waals surface area (Å²) in [6, 6.07) is 1.80. The number of fused-ring (bicyclic) bond motifs is 1. The van der Waals surface area contributed by atoms with Crippen LogP contribution in [-0.4, -0.2) is 24.4 Å². The third-order valence-electron chi connectivity index (χ3n) is 2.15. The van der Waals surface area contributed by atoms with Gasteiger partial charge in [-0.25, -0.2) is 4.79 Å². The van der Waals surface area contributed by atoms with Gasteiger partial charge in [0, 0.05) is 11.4 Å². The number of ether oxygens (including phenoxy) is 1. The summed E-state index contributed by atoms with van der Waals surface area (Å²) in [5.41, 5.74) is 1.06. The molecule has 0 unspecified atom stereocenters. The monoisotopic (exact) mass is 211 g/mol. The molecule has 2 heterocycles. The van der Waals surface area contributed by atoms with Crippen LogP contribution in [0.2, 0.25) is 0 Å². The molecule has 0 aliphatic carbocycles. The Kier molecular flexibility index (Phi) is 2.25. The third-order valence-corrected chi connectivity index (χ3v) is 3.29. The minimum Gasteiger partial charge on any atom is -0.465 e. The Balaban J connectivity index is 2.22. The molecule has 74 valence electrons. The SMILES string of the molecule is COC(=O)c1cc2c(s1)CN(C=O)C2. The number of thiophene rings is 1. The lowest BCUT2D eigenvalue weighted by molar-refractivity contribution is -0.118. The maximum absolute atomic E-state index is 11.2. The van der Waals surface area contributed by atoms with Gasteiger partial charge in [0.2, 0.25) is 6.41 Å². The highest BCUT2D eigenvalue weighted by Crippen LogP contribution is 2.30. The second-order valence-electron chi connectivity index (χ2n) is 3.06. The first-order chi connectivity index (χ1) is 6.74. The molecule has 0 radical (unpaired) electrons. The zero-order valence-electron chi connectivity index (χ0n) is 7.65. The molecular weight excluding hydrogens is 202 g/mol. The van der Waals surface area contributed by atoms with Crippen LogP contribution in [0.15, 0.2) is 6.07 Å². The molecular formula is C9H9NO3S. The molecule has 0 atom stereocenters. The molecule has 14 heavy (non-hydrogen) atoms. The van der Waals surface area contributed by atoms with Crippen molar-refractivity contribution in [2.45, 2.75) is 13.1 Å². The fraction of sp³-hybridized carbons (Fsp3) is 0.333. The van der Waals surface area contributed by atoms with Crippen molar-refractivity contribution in [3.05, 3.63) is 21.4 Å². The van der Waals surface area contributed by atoms with Gasteiger partial charge in [0.25, 0.3) is 0 Å². The lowest BCUT2D eigenvalue weighted by Gasteiger charge is -2.05. The number of carbonyl (C=O) groups is 2. The summed E-state index contributed by atoms with van der Waals surface area (Å²) in [5, 5.41) is 0. The van der Waals surface area contributed by atoms with Crippen LogP contribution in [-0.2, 0) is 22.6 Å². The molecule has 4 nitrogen and oxygen atoms in total. The van der Waals surface area contributed by atoms with Crippen LogP contribution in [0, 0.1) is 0 Å². The number of hydrogen-bond donors (Lipinski definition) is 0. The van der Waals surface area contributed by atoms with Gasteiger partial charge in [0.05, 0.1) is 13.7 Å². The molecule has 1 aliphatic rings. The molecule has 0 saturated heterocycles. The Hall–Kier alpha value is -1.36. The van der Waals surface area contributed by atoms with Crippen LogP contribution in [0.3, 0.4) is 0 Å². The predicted molar refractivity (Wildman–Crippen MR) is 51.0 cm³/mol. The largest absolute Gasteiger partial charge is 0.465 e. The highest BCUT2D eigenvalue weighted by molar-refractivity contribution is 7.14. The average Bonchev–Trinajstić information content (AvgIpc) is 2.72. The van der Waals surface area contributed by atoms with E-state index in [-0.39, 0.29) is 5.97 Å². The van der Waals surface area contributed by atoms with Gasteiger partial charge in [-0.3, -0.25) is 4.79 Å². The van der Waals surface area contributed by atoms with E-state index in [0.717, 1.165) is 16.9 Å². The van der Waals surface area contributed by atoms with Crippen molar-refractivity contribution in [1.29, 1.82) is 0 Å². The fourth-order valence-corrected chi connectivity index (χ4v) is 2.59. The number of esters is 1. The van der Waals surface area contributed by atoms with Gasteiger partial charge in [0.1, 0.15) is 4.88 Å². The number of hydrogen-bond acceptors (Lipinski definition) is 4. The fourth-order valence-electron chi connectivity index (χ4n) is 1.47. The van der Waals surface area contributed by atoms with Crippen molar-refractivity contribution in [3.63, 3.8) is 0 Å². The zero-order valence-corrected chi connectivity index (χ0v) is 8.47. The van der Waals surface area contributed by atoms with Crippen molar-refractivity contribution in [3.8, 4) is 0 Å². The molecule has 1 aliphatic heterocycles. The maximum atomic E-state index is 11.2. The van der Waals surface area contributed by atoms with E-state index in [9.17, 15) is 9.59 Å². The van der Waals surface area contributed by atoms with Gasteiger partial charge in [-0.2, -0.15) is 0 Å². The Labute approximate surface area is 85.1 Å². The average molecular weight is 211 g/mol. The Morgan fingerprint density at radius 3 is 3.00 bits per heavy atom. The Morgan fingerprint density at radius 2 is 2.43 bits per heavy atom. The number of rotatable bonds is 2. The summed E-state index contributed by atoms with van der Waals surface area (Å²) in [5.74, 6) is -0.304. The summed E-state index contributed by atoms with van der Waals surface area (Å²) >= 11 is 1.40. The molecule has 2 rings (SSSR count). The minimum absolute atomic E-state index is 0.304. The van der Waals surface area contributed by atoms with Crippen molar-refractivity contribution in [1.82, 2.24) is 4.90 Å². The normalized spacial score (nSPS) is 13.9. The highest BCUT2D eigenvalue weighted by Gasteiger charge is 2.22. The van der Waals surface area contributed by atoms with Gasteiger partial charge in [-0.05, 0) is 11.6 Å². The van der Waals surface area contributed by atoms with E-state index in [0.29, 0.717) is 18.0 Å². The summed E-state index contributed by atoms with van der Waals surface area (Å²) in [6.07, 6.45) is 0.824.